The Balaban J connectivity index is 6.06. The van der Waals surface area contributed by atoms with Crippen LogP contribution < -0.4 is 0 Å². The van der Waals surface area contributed by atoms with Crippen LogP contribution in [0.15, 0.2) is 0 Å². The van der Waals surface area contributed by atoms with Gasteiger partial charge in [-0.3, -0.25) is 0 Å². The smallest absolute Gasteiger partial charge is 0.250 e. The highest BCUT2D eigenvalue weighted by Gasteiger charge is 2.79. The van der Waals surface area contributed by atoms with Crippen molar-refractivity contribution in [3.8, 4) is 0 Å². The van der Waals surface area contributed by atoms with Gasteiger partial charge in [0.1, 0.15) is 0 Å². The molecule has 0 heterocycles. The second-order valence-electron chi connectivity index (χ2n) is 5.23. The quantitative estimate of drug-likeness (QED) is 0.431. The third kappa shape index (κ3) is 4.27. The molecular weight excluding hydrogens is 388 g/mol. The Morgan fingerprint density at radius 1 is 0.520 bits per heavy atom. The van der Waals surface area contributed by atoms with E-state index in [9.17, 15) is 52.7 Å². The molecule has 1 nitrogen and oxygen atoms in total. The lowest BCUT2D eigenvalue weighted by molar-refractivity contribution is -0.483. The SMILES string of the molecule is CCCC(F)(C(F)(F)F)C(F)(F)OC(F)(F)C(F)(CCC)C(F)(F)F. The number of halogens is 12. The number of alkyl halides is 12. The highest BCUT2D eigenvalue weighted by molar-refractivity contribution is 5.00. The summed E-state index contributed by atoms with van der Waals surface area (Å²) in [4.78, 5) is 0. The molecule has 2 atom stereocenters. The van der Waals surface area contributed by atoms with E-state index in [4.69, 9.17) is 0 Å². The molecule has 0 aromatic carbocycles. The van der Waals surface area contributed by atoms with E-state index in [0.717, 1.165) is 13.8 Å². The summed E-state index contributed by atoms with van der Waals surface area (Å²) in [5.41, 5.74) is -11.5. The molecule has 0 aromatic rings. The molecule has 2 unspecified atom stereocenters. The van der Waals surface area contributed by atoms with Gasteiger partial charge in [-0.25, -0.2) is 13.5 Å². The van der Waals surface area contributed by atoms with E-state index in [-0.39, 0.29) is 0 Å². The first-order chi connectivity index (χ1) is 10.8. The molecule has 152 valence electrons. The summed E-state index contributed by atoms with van der Waals surface area (Å²) in [6.45, 7) is 1.56. The Bertz CT molecular complexity index is 402. The summed E-state index contributed by atoms with van der Waals surface area (Å²) >= 11 is 0. The fraction of sp³-hybridized carbons (Fsp3) is 1.00. The van der Waals surface area contributed by atoms with Crippen LogP contribution in [0.4, 0.5) is 52.7 Å². The minimum Gasteiger partial charge on any atom is -0.250 e. The zero-order chi connectivity index (χ0) is 20.5. The summed E-state index contributed by atoms with van der Waals surface area (Å²) in [6, 6.07) is 0. The van der Waals surface area contributed by atoms with E-state index in [1.54, 1.807) is 0 Å². The van der Waals surface area contributed by atoms with Crippen molar-refractivity contribution >= 4 is 0 Å². The summed E-state index contributed by atoms with van der Waals surface area (Å²) in [7, 11) is 0. The molecule has 0 N–H and O–H groups in total. The van der Waals surface area contributed by atoms with E-state index in [2.05, 4.69) is 4.74 Å². The van der Waals surface area contributed by atoms with Crippen molar-refractivity contribution in [2.24, 2.45) is 0 Å². The molecule has 0 bridgehead atoms. The van der Waals surface area contributed by atoms with E-state index in [1.165, 1.54) is 0 Å². The molecule has 0 saturated heterocycles. The van der Waals surface area contributed by atoms with Crippen LogP contribution in [-0.2, 0) is 4.74 Å². The number of ether oxygens (including phenoxy) is 1. The first-order valence-corrected chi connectivity index (χ1v) is 6.80. The Morgan fingerprint density at radius 3 is 0.920 bits per heavy atom. The normalized spacial score (nSPS) is 19.4. The summed E-state index contributed by atoms with van der Waals surface area (Å²) in [6.07, 6.45) is -32.0. The molecule has 0 rings (SSSR count). The lowest BCUT2D eigenvalue weighted by atomic mass is 9.95. The summed E-state index contributed by atoms with van der Waals surface area (Å²) < 4.78 is 159. The van der Waals surface area contributed by atoms with Crippen LogP contribution in [0.25, 0.3) is 0 Å². The van der Waals surface area contributed by atoms with E-state index in [0.29, 0.717) is 0 Å². The Kier molecular flexibility index (Phi) is 6.78. The summed E-state index contributed by atoms with van der Waals surface area (Å²) in [5.74, 6) is 0. The predicted molar refractivity (Wildman–Crippen MR) is 60.6 cm³/mol. The van der Waals surface area contributed by atoms with Gasteiger partial charge in [-0.15, -0.1) is 0 Å². The van der Waals surface area contributed by atoms with Gasteiger partial charge in [-0.2, -0.15) is 43.9 Å². The zero-order valence-electron chi connectivity index (χ0n) is 12.8. The van der Waals surface area contributed by atoms with Crippen molar-refractivity contribution in [1.29, 1.82) is 0 Å². The molecule has 0 aliphatic rings. The number of hydrogen-bond acceptors (Lipinski definition) is 1. The van der Waals surface area contributed by atoms with Crippen LogP contribution in [0.2, 0.25) is 0 Å². The van der Waals surface area contributed by atoms with Gasteiger partial charge < -0.3 is 0 Å². The third-order valence-corrected chi connectivity index (χ3v) is 3.27. The van der Waals surface area contributed by atoms with Crippen LogP contribution in [-0.4, -0.2) is 35.9 Å². The summed E-state index contributed by atoms with van der Waals surface area (Å²) in [5, 5.41) is 0. The Hall–Kier alpha value is -0.880. The van der Waals surface area contributed by atoms with Gasteiger partial charge in [0.25, 0.3) is 11.3 Å². The topological polar surface area (TPSA) is 9.23 Å². The monoisotopic (exact) mass is 402 g/mol. The van der Waals surface area contributed by atoms with Gasteiger partial charge >= 0.3 is 24.6 Å². The second kappa shape index (κ2) is 7.03. The van der Waals surface area contributed by atoms with Crippen molar-refractivity contribution in [2.75, 3.05) is 0 Å². The van der Waals surface area contributed by atoms with Crippen LogP contribution in [0.5, 0.6) is 0 Å². The molecule has 0 saturated carbocycles. The first kappa shape index (κ1) is 24.1. The van der Waals surface area contributed by atoms with Crippen molar-refractivity contribution in [1.82, 2.24) is 0 Å². The number of rotatable bonds is 8. The molecular formula is C12H14F12O. The molecule has 13 heteroatoms. The maximum Gasteiger partial charge on any atom is 0.431 e. The van der Waals surface area contributed by atoms with Crippen LogP contribution in [0.1, 0.15) is 39.5 Å². The van der Waals surface area contributed by atoms with Crippen molar-refractivity contribution < 1.29 is 57.4 Å². The van der Waals surface area contributed by atoms with Crippen LogP contribution in [0.3, 0.4) is 0 Å². The maximum absolute atomic E-state index is 13.7. The molecule has 0 amide bonds. The average Bonchev–Trinajstić information content (AvgIpc) is 2.34. The fourth-order valence-electron chi connectivity index (χ4n) is 1.92. The molecule has 0 aromatic heterocycles. The van der Waals surface area contributed by atoms with Gasteiger partial charge in [0.2, 0.25) is 0 Å². The zero-order valence-corrected chi connectivity index (χ0v) is 12.8. The molecule has 25 heavy (non-hydrogen) atoms. The molecule has 0 aliphatic heterocycles. The molecule has 0 spiro atoms. The Morgan fingerprint density at radius 2 is 0.760 bits per heavy atom. The van der Waals surface area contributed by atoms with Crippen LogP contribution >= 0.6 is 0 Å². The lowest BCUT2D eigenvalue weighted by Crippen LogP contribution is -2.64. The van der Waals surface area contributed by atoms with Gasteiger partial charge in [-0.05, 0) is 12.8 Å². The number of hydrogen-bond donors (Lipinski definition) is 0. The van der Waals surface area contributed by atoms with Crippen LogP contribution in [0, 0.1) is 0 Å². The highest BCUT2D eigenvalue weighted by Crippen LogP contribution is 2.55. The predicted octanol–water partition coefficient (Wildman–Crippen LogP) is 6.33. The first-order valence-electron chi connectivity index (χ1n) is 6.80. The highest BCUT2D eigenvalue weighted by atomic mass is 19.4. The average molecular weight is 402 g/mol. The lowest BCUT2D eigenvalue weighted by Gasteiger charge is -2.40. The van der Waals surface area contributed by atoms with Crippen molar-refractivity contribution in [3.05, 3.63) is 0 Å². The maximum atomic E-state index is 13.7. The molecule has 0 radical (unpaired) electrons. The van der Waals surface area contributed by atoms with E-state index < -0.39 is 61.6 Å². The Labute approximate surface area is 134 Å². The standard InChI is InChI=1S/C12H14F12O/c1-3-5-7(13,9(15,16)17)11(21,22)25-12(23,24)8(14,6-4-2)10(18,19)20/h3-6H2,1-2H3. The minimum atomic E-state index is -6.49. The van der Waals surface area contributed by atoms with E-state index >= 15 is 0 Å². The fourth-order valence-corrected chi connectivity index (χ4v) is 1.92. The van der Waals surface area contributed by atoms with Crippen molar-refractivity contribution in [2.45, 2.75) is 75.4 Å². The van der Waals surface area contributed by atoms with Gasteiger partial charge in [0, 0.05) is 0 Å². The molecule has 0 aliphatic carbocycles. The second-order valence-corrected chi connectivity index (χ2v) is 5.23. The van der Waals surface area contributed by atoms with E-state index in [1.807, 2.05) is 0 Å². The van der Waals surface area contributed by atoms with Gasteiger partial charge in [-0.1, -0.05) is 26.7 Å². The van der Waals surface area contributed by atoms with Gasteiger partial charge in [0.05, 0.1) is 0 Å². The van der Waals surface area contributed by atoms with Crippen molar-refractivity contribution in [3.63, 3.8) is 0 Å². The molecule has 0 fully saturated rings. The minimum absolute atomic E-state index is 0.778. The van der Waals surface area contributed by atoms with Gasteiger partial charge in [0.15, 0.2) is 0 Å². The largest absolute Gasteiger partial charge is 0.431 e. The third-order valence-electron chi connectivity index (χ3n) is 3.27.